The third-order valence-corrected chi connectivity index (χ3v) is 1.41. The Labute approximate surface area is 74.6 Å². The molecule has 2 N–H and O–H groups in total. The average Bonchev–Trinajstić information content (AvgIpc) is 2.03. The third-order valence-electron chi connectivity index (χ3n) is 1.41. The quantitative estimate of drug-likeness (QED) is 0.757. The molecule has 0 heterocycles. The highest BCUT2D eigenvalue weighted by molar-refractivity contribution is 5.70. The van der Waals surface area contributed by atoms with Crippen molar-refractivity contribution in [2.24, 2.45) is 5.73 Å². The summed E-state index contributed by atoms with van der Waals surface area (Å²) in [6.45, 7) is 3.47. The molecule has 0 unspecified atom stereocenters. The molecule has 1 aromatic rings. The highest BCUT2D eigenvalue weighted by atomic mass is 19.1. The predicted octanol–water partition coefficient (Wildman–Crippen LogP) is 1.93. The van der Waals surface area contributed by atoms with E-state index in [1.165, 1.54) is 18.2 Å². The second-order valence-corrected chi connectivity index (χ2v) is 2.31. The Morgan fingerprint density at radius 1 is 1.62 bits per heavy atom. The van der Waals surface area contributed by atoms with Crippen LogP contribution >= 0.6 is 0 Å². The summed E-state index contributed by atoms with van der Waals surface area (Å²) in [6, 6.07) is 3.76. The number of primary amides is 1. The van der Waals surface area contributed by atoms with Gasteiger partial charge in [-0.25, -0.2) is 9.18 Å². The molecule has 4 heteroatoms. The van der Waals surface area contributed by atoms with Gasteiger partial charge in [-0.15, -0.1) is 0 Å². The van der Waals surface area contributed by atoms with Crippen LogP contribution in [0.15, 0.2) is 24.8 Å². The second-order valence-electron chi connectivity index (χ2n) is 2.31. The molecule has 3 nitrogen and oxygen atoms in total. The Bertz CT molecular complexity index is 349. The SMILES string of the molecule is C=Cc1ccc(F)cc1OC(N)=O. The number of carbonyl (C=O) groups excluding carboxylic acids is 1. The Balaban J connectivity index is 3.07. The van der Waals surface area contributed by atoms with Crippen LogP contribution in [0.2, 0.25) is 0 Å². The van der Waals surface area contributed by atoms with Gasteiger partial charge in [-0.05, 0) is 12.1 Å². The first kappa shape index (κ1) is 9.25. The second kappa shape index (κ2) is 3.71. The van der Waals surface area contributed by atoms with Gasteiger partial charge in [0.05, 0.1) is 0 Å². The Morgan fingerprint density at radius 2 is 2.31 bits per heavy atom. The number of amides is 1. The minimum atomic E-state index is -0.978. The summed E-state index contributed by atoms with van der Waals surface area (Å²) in [6.07, 6.45) is 0.464. The van der Waals surface area contributed by atoms with E-state index in [0.717, 1.165) is 6.07 Å². The van der Waals surface area contributed by atoms with Crippen molar-refractivity contribution in [3.05, 3.63) is 36.2 Å². The summed E-state index contributed by atoms with van der Waals surface area (Å²) in [5.41, 5.74) is 5.29. The van der Waals surface area contributed by atoms with E-state index in [2.05, 4.69) is 11.3 Å². The van der Waals surface area contributed by atoms with Crippen molar-refractivity contribution in [3.8, 4) is 5.75 Å². The molecule has 0 aromatic heterocycles. The van der Waals surface area contributed by atoms with Crippen LogP contribution in [0.3, 0.4) is 0 Å². The standard InChI is InChI=1S/C9H8FNO2/c1-2-6-3-4-7(10)5-8(6)13-9(11)12/h2-5H,1H2,(H2,11,12). The summed E-state index contributed by atoms with van der Waals surface area (Å²) < 4.78 is 17.2. The van der Waals surface area contributed by atoms with E-state index in [9.17, 15) is 9.18 Å². The van der Waals surface area contributed by atoms with Crippen LogP contribution in [0.4, 0.5) is 9.18 Å². The first-order valence-corrected chi connectivity index (χ1v) is 3.52. The lowest BCUT2D eigenvalue weighted by atomic mass is 10.2. The van der Waals surface area contributed by atoms with Gasteiger partial charge < -0.3 is 10.5 Å². The van der Waals surface area contributed by atoms with E-state index in [1.807, 2.05) is 0 Å². The molecule has 0 atom stereocenters. The zero-order chi connectivity index (χ0) is 9.84. The fourth-order valence-corrected chi connectivity index (χ4v) is 0.874. The topological polar surface area (TPSA) is 52.3 Å². The zero-order valence-corrected chi connectivity index (χ0v) is 6.79. The van der Waals surface area contributed by atoms with E-state index >= 15 is 0 Å². The van der Waals surface area contributed by atoms with Crippen molar-refractivity contribution >= 4 is 12.2 Å². The van der Waals surface area contributed by atoms with Gasteiger partial charge in [-0.3, -0.25) is 0 Å². The average molecular weight is 181 g/mol. The van der Waals surface area contributed by atoms with E-state index in [4.69, 9.17) is 5.73 Å². The molecule has 13 heavy (non-hydrogen) atoms. The maximum atomic E-state index is 12.7. The molecule has 0 aliphatic carbocycles. The first-order chi connectivity index (χ1) is 6.13. The Hall–Kier alpha value is -1.84. The molecular formula is C9H8FNO2. The van der Waals surface area contributed by atoms with Crippen LogP contribution in [-0.4, -0.2) is 6.09 Å². The van der Waals surface area contributed by atoms with E-state index < -0.39 is 11.9 Å². The third kappa shape index (κ3) is 2.30. The van der Waals surface area contributed by atoms with Gasteiger partial charge in [-0.2, -0.15) is 0 Å². The number of rotatable bonds is 2. The van der Waals surface area contributed by atoms with Crippen molar-refractivity contribution in [1.29, 1.82) is 0 Å². The molecule has 0 aliphatic rings. The largest absolute Gasteiger partial charge is 0.410 e. The fourth-order valence-electron chi connectivity index (χ4n) is 0.874. The number of ether oxygens (including phenoxy) is 1. The Morgan fingerprint density at radius 3 is 2.85 bits per heavy atom. The van der Waals surface area contributed by atoms with Crippen LogP contribution in [0.25, 0.3) is 6.08 Å². The summed E-state index contributed by atoms with van der Waals surface area (Å²) in [5.74, 6) is -0.427. The molecule has 0 bridgehead atoms. The molecule has 0 fully saturated rings. The van der Waals surface area contributed by atoms with Crippen molar-refractivity contribution in [1.82, 2.24) is 0 Å². The highest BCUT2D eigenvalue weighted by Gasteiger charge is 2.05. The molecule has 0 saturated carbocycles. The van der Waals surface area contributed by atoms with Crippen LogP contribution in [0, 0.1) is 5.82 Å². The van der Waals surface area contributed by atoms with Crippen LogP contribution < -0.4 is 10.5 Å². The Kier molecular flexibility index (Phi) is 2.64. The number of nitrogens with two attached hydrogens (primary N) is 1. The number of hydrogen-bond donors (Lipinski definition) is 1. The number of halogens is 1. The van der Waals surface area contributed by atoms with Crippen molar-refractivity contribution in [2.75, 3.05) is 0 Å². The molecule has 1 aromatic carbocycles. The predicted molar refractivity (Wildman–Crippen MR) is 46.7 cm³/mol. The molecule has 0 saturated heterocycles. The smallest absolute Gasteiger partial charge is 0.409 e. The summed E-state index contributed by atoms with van der Waals surface area (Å²) in [7, 11) is 0. The van der Waals surface area contributed by atoms with Gasteiger partial charge in [0.15, 0.2) is 0 Å². The lowest BCUT2D eigenvalue weighted by Crippen LogP contribution is -2.16. The highest BCUT2D eigenvalue weighted by Crippen LogP contribution is 2.20. The molecule has 0 spiro atoms. The van der Waals surface area contributed by atoms with Crippen molar-refractivity contribution in [2.45, 2.75) is 0 Å². The van der Waals surface area contributed by atoms with E-state index in [1.54, 1.807) is 0 Å². The van der Waals surface area contributed by atoms with Crippen LogP contribution in [0.5, 0.6) is 5.75 Å². The molecular weight excluding hydrogens is 173 g/mol. The minimum absolute atomic E-state index is 0.0718. The summed E-state index contributed by atoms with van der Waals surface area (Å²) in [5, 5.41) is 0. The lowest BCUT2D eigenvalue weighted by Gasteiger charge is -2.04. The van der Waals surface area contributed by atoms with Crippen molar-refractivity contribution < 1.29 is 13.9 Å². The van der Waals surface area contributed by atoms with Crippen LogP contribution in [0.1, 0.15) is 5.56 Å². The normalized spacial score (nSPS) is 9.31. The molecule has 0 aliphatic heterocycles. The van der Waals surface area contributed by atoms with Crippen LogP contribution in [-0.2, 0) is 0 Å². The van der Waals surface area contributed by atoms with Gasteiger partial charge in [0.2, 0.25) is 0 Å². The van der Waals surface area contributed by atoms with E-state index in [0.29, 0.717) is 5.56 Å². The fraction of sp³-hybridized carbons (Fsp3) is 0. The number of carbonyl (C=O) groups is 1. The van der Waals surface area contributed by atoms with Gasteiger partial charge in [0, 0.05) is 11.6 Å². The van der Waals surface area contributed by atoms with Gasteiger partial charge >= 0.3 is 6.09 Å². The monoisotopic (exact) mass is 181 g/mol. The maximum absolute atomic E-state index is 12.7. The summed E-state index contributed by atoms with van der Waals surface area (Å²) >= 11 is 0. The molecule has 0 radical (unpaired) electrons. The zero-order valence-electron chi connectivity index (χ0n) is 6.79. The number of benzene rings is 1. The van der Waals surface area contributed by atoms with E-state index in [-0.39, 0.29) is 5.75 Å². The lowest BCUT2D eigenvalue weighted by molar-refractivity contribution is 0.210. The van der Waals surface area contributed by atoms with Gasteiger partial charge in [0.25, 0.3) is 0 Å². The van der Waals surface area contributed by atoms with Gasteiger partial charge in [-0.1, -0.05) is 12.7 Å². The molecule has 1 rings (SSSR count). The number of hydrogen-bond acceptors (Lipinski definition) is 2. The van der Waals surface area contributed by atoms with Crippen molar-refractivity contribution in [3.63, 3.8) is 0 Å². The van der Waals surface area contributed by atoms with Gasteiger partial charge in [0.1, 0.15) is 11.6 Å². The maximum Gasteiger partial charge on any atom is 0.409 e. The minimum Gasteiger partial charge on any atom is -0.410 e. The molecule has 1 amide bonds. The molecule has 68 valence electrons. The summed E-state index contributed by atoms with van der Waals surface area (Å²) in [4.78, 5) is 10.4. The first-order valence-electron chi connectivity index (χ1n) is 3.52.